The van der Waals surface area contributed by atoms with E-state index in [1.165, 1.54) is 6.42 Å². The molecule has 1 N–H and O–H groups in total. The van der Waals surface area contributed by atoms with Crippen LogP contribution in [0, 0.1) is 13.8 Å². The molecule has 1 unspecified atom stereocenters. The lowest BCUT2D eigenvalue weighted by Gasteiger charge is -2.24. The molecule has 0 aromatic carbocycles. The minimum absolute atomic E-state index is 0.232. The molecule has 1 atom stereocenters. The molecule has 2 heterocycles. The number of carboxylic acid groups (broad SMARTS) is 1. The van der Waals surface area contributed by atoms with E-state index in [1.807, 2.05) is 13.8 Å². The predicted octanol–water partition coefficient (Wildman–Crippen LogP) is 2.37. The second kappa shape index (κ2) is 4.92. The van der Waals surface area contributed by atoms with Crippen LogP contribution >= 0.6 is 0 Å². The van der Waals surface area contributed by atoms with E-state index in [0.29, 0.717) is 5.56 Å². The summed E-state index contributed by atoms with van der Waals surface area (Å²) in [6.45, 7) is 5.41. The van der Waals surface area contributed by atoms with Gasteiger partial charge in [0.1, 0.15) is 0 Å². The topological polar surface area (TPSA) is 51.5 Å². The Morgan fingerprint density at radius 2 is 2.29 bits per heavy atom. The molecule has 4 heteroatoms. The summed E-state index contributed by atoms with van der Waals surface area (Å²) in [5.41, 5.74) is 2.22. The first kappa shape index (κ1) is 12.2. The van der Waals surface area contributed by atoms with Gasteiger partial charge in [0.2, 0.25) is 0 Å². The molecule has 0 spiro atoms. The van der Waals surface area contributed by atoms with E-state index in [1.54, 1.807) is 6.07 Å². The largest absolute Gasteiger partial charge is 0.478 e. The average Bonchev–Trinajstić information content (AvgIpc) is 2.58. The molecule has 0 aliphatic carbocycles. The Morgan fingerprint density at radius 1 is 1.53 bits per heavy atom. The summed E-state index contributed by atoms with van der Waals surface area (Å²) in [5, 5.41) is 9.06. The zero-order chi connectivity index (χ0) is 12.4. The highest BCUT2D eigenvalue weighted by Gasteiger charge is 2.19. The monoisotopic (exact) mass is 237 g/mol. The Balaban J connectivity index is 2.17. The number of carbonyl (C=O) groups is 1. The quantitative estimate of drug-likeness (QED) is 0.878. The highest BCUT2D eigenvalue weighted by atomic mass is 16.5. The molecule has 1 fully saturated rings. The fourth-order valence-corrected chi connectivity index (χ4v) is 2.45. The van der Waals surface area contributed by atoms with Crippen molar-refractivity contribution in [2.24, 2.45) is 0 Å². The number of nitrogens with zero attached hydrogens (tertiary/aromatic N) is 1. The molecule has 1 aliphatic rings. The van der Waals surface area contributed by atoms with Crippen LogP contribution in [0.5, 0.6) is 0 Å². The van der Waals surface area contributed by atoms with E-state index in [9.17, 15) is 4.79 Å². The van der Waals surface area contributed by atoms with Crippen LogP contribution in [0.2, 0.25) is 0 Å². The number of aromatic nitrogens is 1. The van der Waals surface area contributed by atoms with Crippen LogP contribution < -0.4 is 0 Å². The Morgan fingerprint density at radius 3 is 2.82 bits per heavy atom. The third-order valence-corrected chi connectivity index (χ3v) is 3.46. The number of carboxylic acids is 1. The van der Waals surface area contributed by atoms with Gasteiger partial charge < -0.3 is 14.4 Å². The number of hydrogen-bond acceptors (Lipinski definition) is 2. The second-order valence-corrected chi connectivity index (χ2v) is 4.69. The molecule has 0 radical (unpaired) electrons. The fourth-order valence-electron chi connectivity index (χ4n) is 2.45. The number of hydrogen-bond donors (Lipinski definition) is 1. The molecular weight excluding hydrogens is 218 g/mol. The van der Waals surface area contributed by atoms with Crippen LogP contribution in [0.3, 0.4) is 0 Å². The molecule has 0 bridgehead atoms. The van der Waals surface area contributed by atoms with Crippen molar-refractivity contribution < 1.29 is 14.6 Å². The van der Waals surface area contributed by atoms with Crippen LogP contribution in [0.25, 0.3) is 0 Å². The summed E-state index contributed by atoms with van der Waals surface area (Å²) in [6, 6.07) is 1.74. The molecule has 1 saturated heterocycles. The summed E-state index contributed by atoms with van der Waals surface area (Å²) >= 11 is 0. The normalized spacial score (nSPS) is 20.5. The van der Waals surface area contributed by atoms with Gasteiger partial charge in [-0.05, 0) is 39.2 Å². The lowest BCUT2D eigenvalue weighted by Crippen LogP contribution is -2.25. The van der Waals surface area contributed by atoms with Crippen molar-refractivity contribution in [2.75, 3.05) is 6.61 Å². The molecule has 0 saturated carbocycles. The van der Waals surface area contributed by atoms with Crippen molar-refractivity contribution in [1.82, 2.24) is 4.57 Å². The predicted molar refractivity (Wildman–Crippen MR) is 64.5 cm³/mol. The summed E-state index contributed by atoms with van der Waals surface area (Å²) < 4.78 is 7.75. The Bertz CT molecular complexity index is 417. The summed E-state index contributed by atoms with van der Waals surface area (Å²) in [4.78, 5) is 11.0. The van der Waals surface area contributed by atoms with E-state index in [2.05, 4.69) is 4.57 Å². The highest BCUT2D eigenvalue weighted by molar-refractivity contribution is 5.89. The first-order chi connectivity index (χ1) is 8.09. The molecule has 17 heavy (non-hydrogen) atoms. The maximum Gasteiger partial charge on any atom is 0.337 e. The van der Waals surface area contributed by atoms with E-state index in [-0.39, 0.29) is 6.10 Å². The Kier molecular flexibility index (Phi) is 3.52. The third kappa shape index (κ3) is 2.52. The van der Waals surface area contributed by atoms with Gasteiger partial charge >= 0.3 is 5.97 Å². The highest BCUT2D eigenvalue weighted by Crippen LogP contribution is 2.20. The fraction of sp³-hybridized carbons (Fsp3) is 0.615. The van der Waals surface area contributed by atoms with Crippen LogP contribution in [0.1, 0.15) is 41.0 Å². The van der Waals surface area contributed by atoms with Crippen LogP contribution in [-0.4, -0.2) is 28.4 Å². The van der Waals surface area contributed by atoms with Gasteiger partial charge in [-0.15, -0.1) is 0 Å². The smallest absolute Gasteiger partial charge is 0.337 e. The maximum absolute atomic E-state index is 11.0. The van der Waals surface area contributed by atoms with Crippen LogP contribution in [0.4, 0.5) is 0 Å². The van der Waals surface area contributed by atoms with Crippen LogP contribution in [-0.2, 0) is 11.3 Å². The van der Waals surface area contributed by atoms with Gasteiger partial charge in [-0.1, -0.05) is 0 Å². The van der Waals surface area contributed by atoms with Crippen molar-refractivity contribution in [3.63, 3.8) is 0 Å². The van der Waals surface area contributed by atoms with E-state index >= 15 is 0 Å². The molecule has 1 aromatic heterocycles. The number of aromatic carboxylic acids is 1. The number of ether oxygens (including phenoxy) is 1. The summed E-state index contributed by atoms with van der Waals surface area (Å²) in [5.74, 6) is -0.853. The van der Waals surface area contributed by atoms with Gasteiger partial charge in [-0.25, -0.2) is 4.79 Å². The molecule has 94 valence electrons. The van der Waals surface area contributed by atoms with Crippen molar-refractivity contribution in [1.29, 1.82) is 0 Å². The van der Waals surface area contributed by atoms with E-state index in [4.69, 9.17) is 9.84 Å². The van der Waals surface area contributed by atoms with E-state index < -0.39 is 5.97 Å². The zero-order valence-electron chi connectivity index (χ0n) is 10.4. The van der Waals surface area contributed by atoms with Gasteiger partial charge in [0.15, 0.2) is 0 Å². The first-order valence-corrected chi connectivity index (χ1v) is 6.11. The lowest BCUT2D eigenvalue weighted by molar-refractivity contribution is 0.00541. The van der Waals surface area contributed by atoms with Gasteiger partial charge in [-0.3, -0.25) is 0 Å². The van der Waals surface area contributed by atoms with Gasteiger partial charge in [0.25, 0.3) is 0 Å². The standard InChI is InChI=1S/C13H19NO3/c1-9-7-12(13(15)16)10(2)14(9)8-11-5-3-4-6-17-11/h7,11H,3-6,8H2,1-2H3,(H,15,16). The average molecular weight is 237 g/mol. The molecule has 0 amide bonds. The van der Waals surface area contributed by atoms with Gasteiger partial charge in [0.05, 0.1) is 11.7 Å². The van der Waals surface area contributed by atoms with Crippen molar-refractivity contribution in [3.8, 4) is 0 Å². The van der Waals surface area contributed by atoms with Crippen molar-refractivity contribution in [2.45, 2.75) is 45.8 Å². The lowest BCUT2D eigenvalue weighted by atomic mass is 10.1. The maximum atomic E-state index is 11.0. The minimum Gasteiger partial charge on any atom is -0.478 e. The SMILES string of the molecule is Cc1cc(C(=O)O)c(C)n1CC1CCCCO1. The number of aryl methyl sites for hydroxylation is 1. The third-order valence-electron chi connectivity index (χ3n) is 3.46. The van der Waals surface area contributed by atoms with Crippen LogP contribution in [0.15, 0.2) is 6.07 Å². The second-order valence-electron chi connectivity index (χ2n) is 4.69. The molecule has 1 aromatic rings. The zero-order valence-corrected chi connectivity index (χ0v) is 10.4. The Hall–Kier alpha value is -1.29. The van der Waals surface area contributed by atoms with E-state index in [0.717, 1.165) is 37.4 Å². The molecule has 4 nitrogen and oxygen atoms in total. The molecule has 1 aliphatic heterocycles. The molecular formula is C13H19NO3. The van der Waals surface area contributed by atoms with Crippen molar-refractivity contribution >= 4 is 5.97 Å². The summed E-state index contributed by atoms with van der Waals surface area (Å²) in [7, 11) is 0. The Labute approximate surface area is 101 Å². The summed E-state index contributed by atoms with van der Waals surface area (Å²) in [6.07, 6.45) is 3.64. The van der Waals surface area contributed by atoms with Crippen molar-refractivity contribution in [3.05, 3.63) is 23.0 Å². The number of rotatable bonds is 3. The molecule has 2 rings (SSSR count). The van der Waals surface area contributed by atoms with Gasteiger partial charge in [0, 0.05) is 24.5 Å². The minimum atomic E-state index is -0.853. The van der Waals surface area contributed by atoms with Gasteiger partial charge in [-0.2, -0.15) is 0 Å². The first-order valence-electron chi connectivity index (χ1n) is 6.11.